The summed E-state index contributed by atoms with van der Waals surface area (Å²) >= 11 is 0. The van der Waals surface area contributed by atoms with Crippen LogP contribution in [-0.4, -0.2) is 12.9 Å². The van der Waals surface area contributed by atoms with Crippen LogP contribution in [0.3, 0.4) is 0 Å². The third kappa shape index (κ3) is 2.21. The fourth-order valence-corrected chi connectivity index (χ4v) is 2.65. The molecule has 0 amide bonds. The number of carbonyl (C=O) groups is 1. The molecule has 1 aliphatic carbocycles. The summed E-state index contributed by atoms with van der Waals surface area (Å²) < 4.78 is 5.39. The van der Waals surface area contributed by atoms with Crippen LogP contribution in [0.25, 0.3) is 0 Å². The normalized spacial score (nSPS) is 18.5. The van der Waals surface area contributed by atoms with Gasteiger partial charge < -0.3 is 4.74 Å². The van der Waals surface area contributed by atoms with Crippen molar-refractivity contribution in [1.82, 2.24) is 0 Å². The topological polar surface area (TPSA) is 26.3 Å². The smallest absolute Gasteiger partial charge is 0.164 e. The molecule has 0 atom stereocenters. The molecule has 0 N–H and O–H groups in total. The molecule has 0 aromatic heterocycles. The lowest BCUT2D eigenvalue weighted by atomic mass is 9.84. The predicted octanol–water partition coefficient (Wildman–Crippen LogP) is 3.55. The summed E-state index contributed by atoms with van der Waals surface area (Å²) in [5.74, 6) is 1.12. The molecule has 0 fully saturated rings. The first-order chi connectivity index (χ1) is 7.94. The van der Waals surface area contributed by atoms with Gasteiger partial charge in [-0.1, -0.05) is 19.9 Å². The maximum absolute atomic E-state index is 12.4. The Morgan fingerprint density at radius 1 is 1.29 bits per heavy atom. The van der Waals surface area contributed by atoms with E-state index in [2.05, 4.69) is 13.8 Å². The monoisotopic (exact) mass is 232 g/mol. The molecule has 0 saturated carbocycles. The number of hydrogen-bond acceptors (Lipinski definition) is 2. The molecule has 1 aromatic carbocycles. The molecule has 0 saturated heterocycles. The molecule has 0 radical (unpaired) electrons. The van der Waals surface area contributed by atoms with Crippen LogP contribution in [0.4, 0.5) is 0 Å². The van der Waals surface area contributed by atoms with Crippen LogP contribution in [0.2, 0.25) is 0 Å². The van der Waals surface area contributed by atoms with Crippen molar-refractivity contribution in [3.63, 3.8) is 0 Å². The van der Waals surface area contributed by atoms with Gasteiger partial charge in [0, 0.05) is 17.5 Å². The molecule has 92 valence electrons. The summed E-state index contributed by atoms with van der Waals surface area (Å²) in [6.45, 7) is 6.34. The Morgan fingerprint density at radius 2 is 2.00 bits per heavy atom. The van der Waals surface area contributed by atoms with E-state index in [1.807, 2.05) is 19.1 Å². The van der Waals surface area contributed by atoms with E-state index in [4.69, 9.17) is 4.74 Å². The average Bonchev–Trinajstić information content (AvgIpc) is 2.36. The minimum Gasteiger partial charge on any atom is -0.496 e. The van der Waals surface area contributed by atoms with Gasteiger partial charge >= 0.3 is 0 Å². The van der Waals surface area contributed by atoms with Crippen molar-refractivity contribution in [2.24, 2.45) is 5.41 Å². The number of aryl methyl sites for hydroxylation is 1. The summed E-state index contributed by atoms with van der Waals surface area (Å²) in [5.41, 5.74) is 3.16. The summed E-state index contributed by atoms with van der Waals surface area (Å²) in [4.78, 5) is 12.4. The molecule has 0 bridgehead atoms. The highest BCUT2D eigenvalue weighted by Crippen LogP contribution is 2.38. The van der Waals surface area contributed by atoms with Crippen LogP contribution < -0.4 is 4.74 Å². The highest BCUT2D eigenvalue weighted by Gasteiger charge is 2.30. The Kier molecular flexibility index (Phi) is 2.98. The molecule has 2 nitrogen and oxygen atoms in total. The number of methoxy groups -OCH3 is 1. The third-order valence-electron chi connectivity index (χ3n) is 3.67. The van der Waals surface area contributed by atoms with Gasteiger partial charge in [0.2, 0.25) is 0 Å². The highest BCUT2D eigenvalue weighted by atomic mass is 16.5. The Hall–Kier alpha value is -1.31. The van der Waals surface area contributed by atoms with E-state index < -0.39 is 0 Å². The molecule has 0 spiro atoms. The first kappa shape index (κ1) is 12.2. The van der Waals surface area contributed by atoms with E-state index in [0.29, 0.717) is 6.42 Å². The minimum atomic E-state index is 0.0908. The van der Waals surface area contributed by atoms with Crippen LogP contribution in [0.5, 0.6) is 5.75 Å². The number of carbonyl (C=O) groups excluding carboxylic acids is 1. The maximum atomic E-state index is 12.4. The molecular formula is C15H20O2. The predicted molar refractivity (Wildman–Crippen MR) is 68.8 cm³/mol. The largest absolute Gasteiger partial charge is 0.496 e. The van der Waals surface area contributed by atoms with Gasteiger partial charge in [-0.05, 0) is 36.8 Å². The Balaban J connectivity index is 2.57. The number of benzene rings is 1. The first-order valence-electron chi connectivity index (χ1n) is 6.14. The third-order valence-corrected chi connectivity index (χ3v) is 3.67. The van der Waals surface area contributed by atoms with Crippen LogP contribution in [0.1, 0.15) is 48.2 Å². The summed E-state index contributed by atoms with van der Waals surface area (Å²) in [6, 6.07) is 3.95. The van der Waals surface area contributed by atoms with E-state index in [-0.39, 0.29) is 11.2 Å². The second-order valence-corrected chi connectivity index (χ2v) is 5.70. The fraction of sp³-hybridized carbons (Fsp3) is 0.533. The lowest BCUT2D eigenvalue weighted by Gasteiger charge is -2.20. The molecule has 17 heavy (non-hydrogen) atoms. The Bertz CT molecular complexity index is 458. The van der Waals surface area contributed by atoms with Crippen LogP contribution in [-0.2, 0) is 6.42 Å². The second kappa shape index (κ2) is 4.17. The lowest BCUT2D eigenvalue weighted by molar-refractivity contribution is 0.0933. The number of rotatable bonds is 1. The number of ether oxygens (including phenoxy) is 1. The van der Waals surface area contributed by atoms with Crippen LogP contribution in [0.15, 0.2) is 12.1 Å². The maximum Gasteiger partial charge on any atom is 0.164 e. The quantitative estimate of drug-likeness (QED) is 0.692. The van der Waals surface area contributed by atoms with Gasteiger partial charge in [0.05, 0.1) is 7.11 Å². The standard InChI is InChI=1S/C15H20O2/c1-10-5-6-13(17-4)11-7-8-15(2,3)9-12(16)14(10)11/h5-6H,7-9H2,1-4H3. The molecule has 2 rings (SSSR count). The molecule has 0 aliphatic heterocycles. The number of fused-ring (bicyclic) bond motifs is 1. The minimum absolute atomic E-state index is 0.0908. The highest BCUT2D eigenvalue weighted by molar-refractivity contribution is 6.00. The van der Waals surface area contributed by atoms with Crippen molar-refractivity contribution in [3.8, 4) is 5.75 Å². The summed E-state index contributed by atoms with van der Waals surface area (Å²) in [5, 5.41) is 0. The Morgan fingerprint density at radius 3 is 2.65 bits per heavy atom. The molecule has 0 heterocycles. The zero-order chi connectivity index (χ0) is 12.6. The van der Waals surface area contributed by atoms with Crippen molar-refractivity contribution < 1.29 is 9.53 Å². The van der Waals surface area contributed by atoms with Gasteiger partial charge in [0.25, 0.3) is 0 Å². The summed E-state index contributed by atoms with van der Waals surface area (Å²) in [7, 11) is 1.67. The number of ketones is 1. The molecule has 1 aromatic rings. The Labute approximate surface area is 103 Å². The van der Waals surface area contributed by atoms with Crippen molar-refractivity contribution in [2.75, 3.05) is 7.11 Å². The van der Waals surface area contributed by atoms with Crippen LogP contribution in [0, 0.1) is 12.3 Å². The second-order valence-electron chi connectivity index (χ2n) is 5.70. The van der Waals surface area contributed by atoms with Crippen LogP contribution >= 0.6 is 0 Å². The van der Waals surface area contributed by atoms with Gasteiger partial charge in [0.15, 0.2) is 5.78 Å². The van der Waals surface area contributed by atoms with E-state index in [9.17, 15) is 4.79 Å². The van der Waals surface area contributed by atoms with E-state index in [0.717, 1.165) is 35.3 Å². The van der Waals surface area contributed by atoms with E-state index in [1.165, 1.54) is 0 Å². The fourth-order valence-electron chi connectivity index (χ4n) is 2.65. The zero-order valence-electron chi connectivity index (χ0n) is 11.1. The van der Waals surface area contributed by atoms with Gasteiger partial charge in [0.1, 0.15) is 5.75 Å². The summed E-state index contributed by atoms with van der Waals surface area (Å²) in [6.07, 6.45) is 2.60. The molecule has 2 heteroatoms. The van der Waals surface area contributed by atoms with Gasteiger partial charge in [-0.3, -0.25) is 4.79 Å². The molecule has 1 aliphatic rings. The van der Waals surface area contributed by atoms with Crippen molar-refractivity contribution in [3.05, 3.63) is 28.8 Å². The average molecular weight is 232 g/mol. The van der Waals surface area contributed by atoms with Gasteiger partial charge in [-0.25, -0.2) is 0 Å². The molecule has 0 unspecified atom stereocenters. The van der Waals surface area contributed by atoms with E-state index in [1.54, 1.807) is 7.11 Å². The number of Topliss-reactive ketones (excluding diaryl/α,β-unsaturated/α-hetero) is 1. The zero-order valence-corrected chi connectivity index (χ0v) is 11.1. The van der Waals surface area contributed by atoms with E-state index >= 15 is 0 Å². The SMILES string of the molecule is COc1ccc(C)c2c1CCC(C)(C)CC2=O. The van der Waals surface area contributed by atoms with Crippen molar-refractivity contribution in [2.45, 2.75) is 40.0 Å². The molecular weight excluding hydrogens is 212 g/mol. The number of hydrogen-bond donors (Lipinski definition) is 0. The van der Waals surface area contributed by atoms with Gasteiger partial charge in [-0.2, -0.15) is 0 Å². The lowest BCUT2D eigenvalue weighted by Crippen LogP contribution is -2.15. The van der Waals surface area contributed by atoms with Gasteiger partial charge in [-0.15, -0.1) is 0 Å². The van der Waals surface area contributed by atoms with Crippen molar-refractivity contribution >= 4 is 5.78 Å². The van der Waals surface area contributed by atoms with Crippen molar-refractivity contribution in [1.29, 1.82) is 0 Å². The first-order valence-corrected chi connectivity index (χ1v) is 6.14.